The molecule has 0 amide bonds. The van der Waals surface area contributed by atoms with E-state index in [-0.39, 0.29) is 12.2 Å². The third kappa shape index (κ3) is 6.32. The van der Waals surface area contributed by atoms with Crippen molar-refractivity contribution in [3.63, 3.8) is 0 Å². The van der Waals surface area contributed by atoms with Crippen LogP contribution in [0.4, 0.5) is 5.69 Å². The molecule has 1 aromatic carbocycles. The number of ether oxygens (including phenoxy) is 1. The molecule has 0 aliphatic rings. The van der Waals surface area contributed by atoms with Crippen molar-refractivity contribution in [2.75, 3.05) is 11.0 Å². The summed E-state index contributed by atoms with van der Waals surface area (Å²) in [7, 11) is -3.37. The first kappa shape index (κ1) is 19.1. The lowest BCUT2D eigenvalue weighted by molar-refractivity contribution is -0.146. The number of sulfonamides is 1. The molecular weight excluding hydrogens is 362 g/mol. The Morgan fingerprint density at radius 1 is 1.20 bits per heavy atom. The molecule has 2 rings (SSSR count). The summed E-state index contributed by atoms with van der Waals surface area (Å²) in [5.41, 5.74) is 1.77. The second-order valence-corrected chi connectivity index (χ2v) is 8.11. The fraction of sp³-hybridized carbons (Fsp3) is 0.294. The van der Waals surface area contributed by atoms with E-state index in [0.717, 1.165) is 11.8 Å². The SMILES string of the molecule is C[C@H](OC(=O)CCc1ccsc1)C(=O)c1ccc(NS(C)(=O)=O)cc1. The molecule has 0 radical (unpaired) electrons. The summed E-state index contributed by atoms with van der Waals surface area (Å²) in [6.45, 7) is 1.52. The number of benzene rings is 1. The van der Waals surface area contributed by atoms with E-state index < -0.39 is 22.1 Å². The van der Waals surface area contributed by atoms with Crippen LogP contribution in [0.25, 0.3) is 0 Å². The molecule has 1 heterocycles. The molecule has 25 heavy (non-hydrogen) atoms. The molecule has 1 aromatic heterocycles. The van der Waals surface area contributed by atoms with E-state index in [2.05, 4.69) is 4.72 Å². The molecule has 1 N–H and O–H groups in total. The lowest BCUT2D eigenvalue weighted by atomic mass is 10.1. The van der Waals surface area contributed by atoms with Crippen LogP contribution in [0.15, 0.2) is 41.1 Å². The number of esters is 1. The molecule has 0 bridgehead atoms. The van der Waals surface area contributed by atoms with Crippen molar-refractivity contribution in [3.05, 3.63) is 52.2 Å². The Balaban J connectivity index is 1.89. The monoisotopic (exact) mass is 381 g/mol. The van der Waals surface area contributed by atoms with Gasteiger partial charge in [-0.25, -0.2) is 8.42 Å². The normalized spacial score (nSPS) is 12.4. The van der Waals surface area contributed by atoms with E-state index in [4.69, 9.17) is 4.74 Å². The largest absolute Gasteiger partial charge is 0.454 e. The van der Waals surface area contributed by atoms with Crippen molar-refractivity contribution in [2.45, 2.75) is 25.9 Å². The second-order valence-electron chi connectivity index (χ2n) is 5.58. The number of Topliss-reactive ketones (excluding diaryl/α,β-unsaturated/α-hetero) is 1. The van der Waals surface area contributed by atoms with Gasteiger partial charge in [-0.2, -0.15) is 11.3 Å². The van der Waals surface area contributed by atoms with Crippen LogP contribution in [0.3, 0.4) is 0 Å². The summed E-state index contributed by atoms with van der Waals surface area (Å²) in [6, 6.07) is 7.90. The molecule has 8 heteroatoms. The summed E-state index contributed by atoms with van der Waals surface area (Å²) in [5.74, 6) is -0.766. The van der Waals surface area contributed by atoms with Crippen molar-refractivity contribution in [1.29, 1.82) is 0 Å². The van der Waals surface area contributed by atoms with Crippen LogP contribution >= 0.6 is 11.3 Å². The highest BCUT2D eigenvalue weighted by Gasteiger charge is 2.19. The van der Waals surface area contributed by atoms with Crippen molar-refractivity contribution in [2.24, 2.45) is 0 Å². The molecule has 0 saturated carbocycles. The lowest BCUT2D eigenvalue weighted by Crippen LogP contribution is -2.24. The van der Waals surface area contributed by atoms with Crippen LogP contribution < -0.4 is 4.72 Å². The van der Waals surface area contributed by atoms with Gasteiger partial charge in [0.05, 0.1) is 6.26 Å². The minimum Gasteiger partial charge on any atom is -0.454 e. The Morgan fingerprint density at radius 3 is 2.44 bits per heavy atom. The van der Waals surface area contributed by atoms with Gasteiger partial charge in [0.15, 0.2) is 6.10 Å². The van der Waals surface area contributed by atoms with E-state index in [1.807, 2.05) is 16.8 Å². The number of hydrogen-bond acceptors (Lipinski definition) is 6. The van der Waals surface area contributed by atoms with Gasteiger partial charge in [0.25, 0.3) is 0 Å². The molecule has 6 nitrogen and oxygen atoms in total. The van der Waals surface area contributed by atoms with Crippen LogP contribution in [0.2, 0.25) is 0 Å². The average Bonchev–Trinajstić information content (AvgIpc) is 3.05. The molecule has 0 unspecified atom stereocenters. The number of thiophene rings is 1. The average molecular weight is 381 g/mol. The van der Waals surface area contributed by atoms with Crippen LogP contribution in [0.5, 0.6) is 0 Å². The Labute approximate surface area is 150 Å². The van der Waals surface area contributed by atoms with Gasteiger partial charge in [-0.15, -0.1) is 0 Å². The maximum atomic E-state index is 12.3. The number of carbonyl (C=O) groups excluding carboxylic acids is 2. The first-order chi connectivity index (χ1) is 11.7. The highest BCUT2D eigenvalue weighted by molar-refractivity contribution is 7.92. The minimum absolute atomic E-state index is 0.214. The van der Waals surface area contributed by atoms with Crippen molar-refractivity contribution < 1.29 is 22.7 Å². The first-order valence-corrected chi connectivity index (χ1v) is 10.4. The molecule has 1 atom stereocenters. The number of anilines is 1. The summed E-state index contributed by atoms with van der Waals surface area (Å²) < 4.78 is 29.8. The zero-order valence-corrected chi connectivity index (χ0v) is 15.5. The van der Waals surface area contributed by atoms with Crippen LogP contribution in [0.1, 0.15) is 29.3 Å². The van der Waals surface area contributed by atoms with Gasteiger partial charge in [-0.3, -0.25) is 14.3 Å². The second kappa shape index (κ2) is 8.26. The highest BCUT2D eigenvalue weighted by atomic mass is 32.2. The van der Waals surface area contributed by atoms with Crippen LogP contribution in [-0.4, -0.2) is 32.5 Å². The molecule has 0 aliphatic heterocycles. The Kier molecular flexibility index (Phi) is 6.33. The summed E-state index contributed by atoms with van der Waals surface area (Å²) >= 11 is 1.56. The molecular formula is C17H19NO5S2. The van der Waals surface area contributed by atoms with Crippen molar-refractivity contribution in [1.82, 2.24) is 0 Å². The molecule has 0 saturated heterocycles. The molecule has 0 spiro atoms. The van der Waals surface area contributed by atoms with Crippen molar-refractivity contribution in [3.8, 4) is 0 Å². The Hall–Kier alpha value is -2.19. The van der Waals surface area contributed by atoms with Gasteiger partial charge in [0.2, 0.25) is 15.8 Å². The number of hydrogen-bond donors (Lipinski definition) is 1. The van der Waals surface area contributed by atoms with Crippen molar-refractivity contribution >= 4 is 38.8 Å². The Bertz CT molecular complexity index is 826. The molecule has 0 fully saturated rings. The van der Waals surface area contributed by atoms with Gasteiger partial charge < -0.3 is 4.74 Å². The summed E-state index contributed by atoms with van der Waals surface area (Å²) in [4.78, 5) is 24.1. The third-order valence-electron chi connectivity index (χ3n) is 3.35. The van der Waals surface area contributed by atoms with E-state index in [1.54, 1.807) is 11.3 Å². The summed E-state index contributed by atoms with van der Waals surface area (Å²) in [5, 5.41) is 3.91. The van der Waals surface area contributed by atoms with Gasteiger partial charge in [-0.1, -0.05) is 0 Å². The maximum Gasteiger partial charge on any atom is 0.306 e. The lowest BCUT2D eigenvalue weighted by Gasteiger charge is -2.12. The van der Waals surface area contributed by atoms with Gasteiger partial charge >= 0.3 is 5.97 Å². The predicted molar refractivity (Wildman–Crippen MR) is 97.4 cm³/mol. The molecule has 0 aliphatic carbocycles. The number of aryl methyl sites for hydroxylation is 1. The first-order valence-electron chi connectivity index (χ1n) is 7.57. The van der Waals surface area contributed by atoms with E-state index in [1.165, 1.54) is 31.2 Å². The zero-order valence-electron chi connectivity index (χ0n) is 13.9. The number of rotatable bonds is 8. The number of nitrogens with one attached hydrogen (secondary N) is 1. The zero-order chi connectivity index (χ0) is 18.4. The minimum atomic E-state index is -3.37. The van der Waals surface area contributed by atoms with E-state index >= 15 is 0 Å². The smallest absolute Gasteiger partial charge is 0.306 e. The van der Waals surface area contributed by atoms with Gasteiger partial charge in [0.1, 0.15) is 0 Å². The number of carbonyl (C=O) groups is 2. The van der Waals surface area contributed by atoms with Crippen LogP contribution in [-0.2, 0) is 26.0 Å². The quantitative estimate of drug-likeness (QED) is 0.561. The van der Waals surface area contributed by atoms with E-state index in [9.17, 15) is 18.0 Å². The number of ketones is 1. The predicted octanol–water partition coefficient (Wildman–Crippen LogP) is 2.87. The molecule has 2 aromatic rings. The summed E-state index contributed by atoms with van der Waals surface area (Å²) in [6.07, 6.45) is 0.938. The molecule has 134 valence electrons. The fourth-order valence-electron chi connectivity index (χ4n) is 2.14. The third-order valence-corrected chi connectivity index (χ3v) is 4.69. The maximum absolute atomic E-state index is 12.3. The topological polar surface area (TPSA) is 89.5 Å². The van der Waals surface area contributed by atoms with Crippen LogP contribution in [0, 0.1) is 0 Å². The fourth-order valence-corrected chi connectivity index (χ4v) is 3.41. The van der Waals surface area contributed by atoms with Gasteiger partial charge in [0, 0.05) is 17.7 Å². The Morgan fingerprint density at radius 2 is 1.88 bits per heavy atom. The van der Waals surface area contributed by atoms with Gasteiger partial charge in [-0.05, 0) is 60.0 Å². The standard InChI is InChI=1S/C17H19NO5S2/c1-12(23-16(19)8-3-13-9-10-24-11-13)17(20)14-4-6-15(7-5-14)18-25(2,21)22/h4-7,9-12,18H,3,8H2,1-2H3/t12-/m0/s1. The van der Waals surface area contributed by atoms with E-state index in [0.29, 0.717) is 17.7 Å². The highest BCUT2D eigenvalue weighted by Crippen LogP contribution is 2.14.